The first kappa shape index (κ1) is 11.8. The van der Waals surface area contributed by atoms with Crippen LogP contribution in [-0.4, -0.2) is 16.7 Å². The molecular weight excluding hydrogens is 217 g/mol. The van der Waals surface area contributed by atoms with Crippen molar-refractivity contribution in [1.82, 2.24) is 15.5 Å². The second-order valence-corrected chi connectivity index (χ2v) is 4.08. The number of hydrogen-bond donors (Lipinski definition) is 2. The Balaban J connectivity index is 1.75. The van der Waals surface area contributed by atoms with Crippen molar-refractivity contribution in [1.29, 1.82) is 0 Å². The van der Waals surface area contributed by atoms with Crippen molar-refractivity contribution >= 4 is 0 Å². The van der Waals surface area contributed by atoms with Gasteiger partial charge in [-0.05, 0) is 37.6 Å². The van der Waals surface area contributed by atoms with Crippen LogP contribution < -0.4 is 5.32 Å². The Bertz CT molecular complexity index is 479. The van der Waals surface area contributed by atoms with E-state index in [9.17, 15) is 4.39 Å². The van der Waals surface area contributed by atoms with Gasteiger partial charge in [0.25, 0.3) is 0 Å². The largest absolute Gasteiger partial charge is 0.312 e. The molecule has 0 aliphatic heterocycles. The molecule has 0 fully saturated rings. The van der Waals surface area contributed by atoms with E-state index in [1.165, 1.54) is 11.6 Å². The third kappa shape index (κ3) is 3.39. The minimum Gasteiger partial charge on any atom is -0.312 e. The smallest absolute Gasteiger partial charge is 0.123 e. The van der Waals surface area contributed by atoms with Crippen LogP contribution in [0.15, 0.2) is 30.5 Å². The molecule has 0 amide bonds. The molecule has 0 saturated heterocycles. The van der Waals surface area contributed by atoms with Crippen LogP contribution in [0.25, 0.3) is 0 Å². The molecule has 3 nitrogen and oxygen atoms in total. The molecule has 0 atom stereocenters. The van der Waals surface area contributed by atoms with Crippen LogP contribution >= 0.6 is 0 Å². The number of rotatable bonds is 5. The molecule has 0 aliphatic carbocycles. The van der Waals surface area contributed by atoms with Gasteiger partial charge in [-0.15, -0.1) is 0 Å². The second-order valence-electron chi connectivity index (χ2n) is 4.08. The van der Waals surface area contributed by atoms with Gasteiger partial charge in [-0.1, -0.05) is 12.1 Å². The maximum Gasteiger partial charge on any atom is 0.123 e. The van der Waals surface area contributed by atoms with Crippen LogP contribution in [-0.2, 0) is 13.0 Å². The summed E-state index contributed by atoms with van der Waals surface area (Å²) in [6.45, 7) is 3.61. The van der Waals surface area contributed by atoms with Crippen molar-refractivity contribution in [3.8, 4) is 0 Å². The van der Waals surface area contributed by atoms with E-state index in [4.69, 9.17) is 0 Å². The van der Waals surface area contributed by atoms with E-state index >= 15 is 0 Å². The zero-order valence-corrected chi connectivity index (χ0v) is 9.83. The number of nitrogens with zero attached hydrogens (tertiary/aromatic N) is 1. The van der Waals surface area contributed by atoms with Crippen LogP contribution in [0.5, 0.6) is 0 Å². The lowest BCUT2D eigenvalue weighted by atomic mass is 10.1. The van der Waals surface area contributed by atoms with E-state index in [0.29, 0.717) is 0 Å². The summed E-state index contributed by atoms with van der Waals surface area (Å²) in [5.41, 5.74) is 3.27. The van der Waals surface area contributed by atoms with Crippen molar-refractivity contribution in [2.24, 2.45) is 0 Å². The molecule has 1 aromatic carbocycles. The molecule has 90 valence electrons. The van der Waals surface area contributed by atoms with Crippen LogP contribution in [0, 0.1) is 12.7 Å². The Morgan fingerprint density at radius 1 is 1.41 bits per heavy atom. The molecule has 0 spiro atoms. The number of nitrogens with one attached hydrogen (secondary N) is 2. The van der Waals surface area contributed by atoms with E-state index in [-0.39, 0.29) is 5.82 Å². The van der Waals surface area contributed by atoms with Gasteiger partial charge in [-0.2, -0.15) is 5.10 Å². The molecular formula is C13H16FN3. The van der Waals surface area contributed by atoms with Crippen molar-refractivity contribution in [2.45, 2.75) is 19.9 Å². The van der Waals surface area contributed by atoms with Gasteiger partial charge in [-0.25, -0.2) is 4.39 Å². The zero-order valence-electron chi connectivity index (χ0n) is 9.83. The van der Waals surface area contributed by atoms with E-state index in [1.54, 1.807) is 12.1 Å². The second kappa shape index (κ2) is 5.59. The molecule has 1 heterocycles. The summed E-state index contributed by atoms with van der Waals surface area (Å²) >= 11 is 0. The summed E-state index contributed by atoms with van der Waals surface area (Å²) in [4.78, 5) is 0. The SMILES string of the molecule is Cc1[nH]ncc1CNCCc1cccc(F)c1. The van der Waals surface area contributed by atoms with Crippen molar-refractivity contribution in [3.05, 3.63) is 53.1 Å². The quantitative estimate of drug-likeness (QED) is 0.777. The molecule has 4 heteroatoms. The Morgan fingerprint density at radius 3 is 3.00 bits per heavy atom. The molecule has 1 aromatic heterocycles. The third-order valence-corrected chi connectivity index (χ3v) is 2.73. The average molecular weight is 233 g/mol. The molecule has 0 aliphatic rings. The van der Waals surface area contributed by atoms with Crippen LogP contribution in [0.1, 0.15) is 16.8 Å². The van der Waals surface area contributed by atoms with Crippen molar-refractivity contribution < 1.29 is 4.39 Å². The Hall–Kier alpha value is -1.68. The predicted octanol–water partition coefficient (Wildman–Crippen LogP) is 2.19. The summed E-state index contributed by atoms with van der Waals surface area (Å²) in [5.74, 6) is -0.173. The van der Waals surface area contributed by atoms with E-state index in [2.05, 4.69) is 15.5 Å². The summed E-state index contributed by atoms with van der Waals surface area (Å²) in [7, 11) is 0. The highest BCUT2D eigenvalue weighted by Crippen LogP contribution is 2.04. The highest BCUT2D eigenvalue weighted by molar-refractivity contribution is 5.17. The van der Waals surface area contributed by atoms with Gasteiger partial charge in [0.2, 0.25) is 0 Å². The van der Waals surface area contributed by atoms with Crippen molar-refractivity contribution in [3.63, 3.8) is 0 Å². The van der Waals surface area contributed by atoms with Crippen LogP contribution in [0.2, 0.25) is 0 Å². The third-order valence-electron chi connectivity index (χ3n) is 2.73. The van der Waals surface area contributed by atoms with Gasteiger partial charge >= 0.3 is 0 Å². The van der Waals surface area contributed by atoms with Gasteiger partial charge in [-0.3, -0.25) is 5.10 Å². The molecule has 0 radical (unpaired) electrons. The predicted molar refractivity (Wildman–Crippen MR) is 65.1 cm³/mol. The summed E-state index contributed by atoms with van der Waals surface area (Å²) < 4.78 is 12.9. The number of H-pyrrole nitrogens is 1. The number of halogens is 1. The molecule has 0 saturated carbocycles. The molecule has 2 N–H and O–H groups in total. The number of aromatic amines is 1. The zero-order chi connectivity index (χ0) is 12.1. The lowest BCUT2D eigenvalue weighted by Crippen LogP contribution is -2.16. The monoisotopic (exact) mass is 233 g/mol. The van der Waals surface area contributed by atoms with Gasteiger partial charge in [0.15, 0.2) is 0 Å². The number of benzene rings is 1. The van der Waals surface area contributed by atoms with Crippen LogP contribution in [0.3, 0.4) is 0 Å². The lowest BCUT2D eigenvalue weighted by molar-refractivity contribution is 0.622. The first-order valence-electron chi connectivity index (χ1n) is 5.70. The Kier molecular flexibility index (Phi) is 3.88. The fraction of sp³-hybridized carbons (Fsp3) is 0.308. The fourth-order valence-corrected chi connectivity index (χ4v) is 1.70. The summed E-state index contributed by atoms with van der Waals surface area (Å²) in [5, 5.41) is 10.2. The van der Waals surface area contributed by atoms with Crippen LogP contribution in [0.4, 0.5) is 4.39 Å². The molecule has 17 heavy (non-hydrogen) atoms. The minimum absolute atomic E-state index is 0.173. The fourth-order valence-electron chi connectivity index (χ4n) is 1.70. The van der Waals surface area contributed by atoms with Gasteiger partial charge in [0.05, 0.1) is 6.20 Å². The topological polar surface area (TPSA) is 40.7 Å². The number of aromatic nitrogens is 2. The maximum absolute atomic E-state index is 12.9. The highest BCUT2D eigenvalue weighted by atomic mass is 19.1. The lowest BCUT2D eigenvalue weighted by Gasteiger charge is -2.04. The standard InChI is InChI=1S/C13H16FN3/c1-10-12(9-16-17-10)8-15-6-5-11-3-2-4-13(14)7-11/h2-4,7,9,15H,5-6,8H2,1H3,(H,16,17). The Labute approximate surface area is 100 Å². The Morgan fingerprint density at radius 2 is 2.29 bits per heavy atom. The molecule has 2 aromatic rings. The normalized spacial score (nSPS) is 10.7. The molecule has 0 unspecified atom stereocenters. The van der Waals surface area contributed by atoms with Crippen molar-refractivity contribution in [2.75, 3.05) is 6.54 Å². The minimum atomic E-state index is -0.173. The highest BCUT2D eigenvalue weighted by Gasteiger charge is 1.99. The molecule has 0 bridgehead atoms. The van der Waals surface area contributed by atoms with E-state index in [1.807, 2.05) is 19.2 Å². The summed E-state index contributed by atoms with van der Waals surface area (Å²) in [6.07, 6.45) is 2.65. The van der Waals surface area contributed by atoms with E-state index < -0.39 is 0 Å². The van der Waals surface area contributed by atoms with Gasteiger partial charge in [0, 0.05) is 17.8 Å². The van der Waals surface area contributed by atoms with E-state index in [0.717, 1.165) is 30.8 Å². The number of hydrogen-bond acceptors (Lipinski definition) is 2. The average Bonchev–Trinajstić information content (AvgIpc) is 2.71. The first-order chi connectivity index (χ1) is 8.25. The number of aryl methyl sites for hydroxylation is 1. The van der Waals surface area contributed by atoms with Gasteiger partial charge in [0.1, 0.15) is 5.82 Å². The maximum atomic E-state index is 12.9. The summed E-state index contributed by atoms with van der Waals surface area (Å²) in [6, 6.07) is 6.72. The molecule has 2 rings (SSSR count). The first-order valence-corrected chi connectivity index (χ1v) is 5.70. The van der Waals surface area contributed by atoms with Gasteiger partial charge < -0.3 is 5.32 Å².